The van der Waals surface area contributed by atoms with Gasteiger partial charge in [0.05, 0.1) is 19.3 Å². The fourth-order valence-corrected chi connectivity index (χ4v) is 4.16. The Bertz CT molecular complexity index is 293. The third-order valence-corrected chi connectivity index (χ3v) is 4.24. The van der Waals surface area contributed by atoms with E-state index in [0.717, 1.165) is 12.8 Å². The normalized spacial score (nSPS) is 37.7. The number of aliphatic hydroxyl groups excluding tert-OH is 1. The molecule has 0 radical (unpaired) electrons. The minimum Gasteiger partial charge on any atom is -0.394 e. The molecular weight excluding hydrogens is 228 g/mol. The van der Waals surface area contributed by atoms with Gasteiger partial charge >= 0.3 is 0 Å². The molecule has 3 heteroatoms. The van der Waals surface area contributed by atoms with Crippen LogP contribution in [-0.2, 0) is 9.47 Å². The Labute approximate surface area is 111 Å². The molecule has 0 aromatic heterocycles. The van der Waals surface area contributed by atoms with E-state index in [1.165, 1.54) is 6.42 Å². The van der Waals surface area contributed by atoms with Gasteiger partial charge in [-0.1, -0.05) is 34.6 Å². The van der Waals surface area contributed by atoms with Crippen LogP contribution in [0.15, 0.2) is 0 Å². The molecule has 1 heterocycles. The molecule has 2 fully saturated rings. The first-order valence-corrected chi connectivity index (χ1v) is 7.10. The van der Waals surface area contributed by atoms with E-state index in [1.807, 2.05) is 0 Å². The lowest BCUT2D eigenvalue weighted by atomic mass is 9.62. The zero-order chi connectivity index (χ0) is 13.6. The van der Waals surface area contributed by atoms with Crippen LogP contribution in [0.1, 0.15) is 53.9 Å². The lowest BCUT2D eigenvalue weighted by molar-refractivity contribution is -0.345. The van der Waals surface area contributed by atoms with Crippen molar-refractivity contribution in [1.82, 2.24) is 0 Å². The first kappa shape index (κ1) is 14.3. The SMILES string of the molecule is CC1COC2(CC(C)(C)CC(C)(C)C2)OC1CO. The van der Waals surface area contributed by atoms with Crippen molar-refractivity contribution in [2.75, 3.05) is 13.2 Å². The maximum Gasteiger partial charge on any atom is 0.169 e. The molecule has 2 atom stereocenters. The first-order valence-electron chi connectivity index (χ1n) is 7.10. The predicted octanol–water partition coefficient (Wildman–Crippen LogP) is 2.96. The van der Waals surface area contributed by atoms with Gasteiger partial charge in [-0.2, -0.15) is 0 Å². The topological polar surface area (TPSA) is 38.7 Å². The molecule has 18 heavy (non-hydrogen) atoms. The lowest BCUT2D eigenvalue weighted by Gasteiger charge is -2.54. The molecule has 3 nitrogen and oxygen atoms in total. The van der Waals surface area contributed by atoms with E-state index in [9.17, 15) is 5.11 Å². The highest BCUT2D eigenvalue weighted by atomic mass is 16.7. The molecule has 2 aliphatic rings. The van der Waals surface area contributed by atoms with E-state index in [-0.39, 0.29) is 29.5 Å². The quantitative estimate of drug-likeness (QED) is 0.784. The van der Waals surface area contributed by atoms with E-state index >= 15 is 0 Å². The minimum absolute atomic E-state index is 0.0801. The Morgan fingerprint density at radius 2 is 1.61 bits per heavy atom. The molecule has 1 saturated carbocycles. The highest BCUT2D eigenvalue weighted by Crippen LogP contribution is 2.53. The van der Waals surface area contributed by atoms with Crippen molar-refractivity contribution >= 4 is 0 Å². The zero-order valence-corrected chi connectivity index (χ0v) is 12.5. The third kappa shape index (κ3) is 2.89. The highest BCUT2D eigenvalue weighted by Gasteiger charge is 2.52. The maximum atomic E-state index is 9.46. The molecule has 1 N–H and O–H groups in total. The van der Waals surface area contributed by atoms with Gasteiger partial charge in [0, 0.05) is 18.8 Å². The summed E-state index contributed by atoms with van der Waals surface area (Å²) in [6, 6.07) is 0. The van der Waals surface area contributed by atoms with Crippen LogP contribution < -0.4 is 0 Å². The molecule has 106 valence electrons. The van der Waals surface area contributed by atoms with Gasteiger partial charge in [0.15, 0.2) is 5.79 Å². The Balaban J connectivity index is 2.20. The van der Waals surface area contributed by atoms with E-state index in [1.54, 1.807) is 0 Å². The molecule has 0 aromatic carbocycles. The van der Waals surface area contributed by atoms with Gasteiger partial charge in [-0.05, 0) is 17.3 Å². The minimum atomic E-state index is -0.481. The van der Waals surface area contributed by atoms with Crippen molar-refractivity contribution in [1.29, 1.82) is 0 Å². The van der Waals surface area contributed by atoms with Crippen LogP contribution in [0.3, 0.4) is 0 Å². The van der Waals surface area contributed by atoms with Crippen molar-refractivity contribution in [3.05, 3.63) is 0 Å². The third-order valence-electron chi connectivity index (χ3n) is 4.24. The van der Waals surface area contributed by atoms with E-state index in [4.69, 9.17) is 9.47 Å². The molecule has 1 aliphatic carbocycles. The summed E-state index contributed by atoms with van der Waals surface area (Å²) in [5.41, 5.74) is 0.449. The monoisotopic (exact) mass is 256 g/mol. The molecule has 0 aromatic rings. The standard InChI is InChI=1S/C15H28O3/c1-11-7-17-15(18-12(11)6-16)9-13(2,3)8-14(4,5)10-15/h11-12,16H,6-10H2,1-5H3. The van der Waals surface area contributed by atoms with Crippen LogP contribution in [0.4, 0.5) is 0 Å². The molecule has 2 rings (SSSR count). The van der Waals surface area contributed by atoms with Crippen LogP contribution in [0.25, 0.3) is 0 Å². The number of hydrogen-bond acceptors (Lipinski definition) is 3. The Kier molecular flexibility index (Phi) is 3.54. The number of hydrogen-bond donors (Lipinski definition) is 1. The van der Waals surface area contributed by atoms with Gasteiger partial charge in [0.25, 0.3) is 0 Å². The van der Waals surface area contributed by atoms with Gasteiger partial charge < -0.3 is 14.6 Å². The van der Waals surface area contributed by atoms with Crippen LogP contribution in [0.5, 0.6) is 0 Å². The second-order valence-electron chi connectivity index (χ2n) is 7.90. The van der Waals surface area contributed by atoms with Gasteiger partial charge in [0.2, 0.25) is 0 Å². The van der Waals surface area contributed by atoms with Gasteiger partial charge in [-0.15, -0.1) is 0 Å². The second kappa shape index (κ2) is 4.46. The summed E-state index contributed by atoms with van der Waals surface area (Å²) < 4.78 is 12.3. The van der Waals surface area contributed by atoms with Crippen molar-refractivity contribution in [2.24, 2.45) is 16.7 Å². The summed E-state index contributed by atoms with van der Waals surface area (Å²) in [6.45, 7) is 12.0. The largest absolute Gasteiger partial charge is 0.394 e. The second-order valence-corrected chi connectivity index (χ2v) is 7.90. The molecule has 1 spiro atoms. The van der Waals surface area contributed by atoms with Crippen molar-refractivity contribution in [3.63, 3.8) is 0 Å². The summed E-state index contributed by atoms with van der Waals surface area (Å²) in [5, 5.41) is 9.46. The van der Waals surface area contributed by atoms with Crippen molar-refractivity contribution in [2.45, 2.75) is 65.8 Å². The smallest absolute Gasteiger partial charge is 0.169 e. The van der Waals surface area contributed by atoms with Crippen molar-refractivity contribution < 1.29 is 14.6 Å². The molecule has 1 saturated heterocycles. The fraction of sp³-hybridized carbons (Fsp3) is 1.00. The fourth-order valence-electron chi connectivity index (χ4n) is 4.16. The number of aliphatic hydroxyl groups is 1. The average molecular weight is 256 g/mol. The van der Waals surface area contributed by atoms with Crippen LogP contribution in [-0.4, -0.2) is 30.2 Å². The highest BCUT2D eigenvalue weighted by molar-refractivity contribution is 4.96. The Morgan fingerprint density at radius 1 is 1.06 bits per heavy atom. The van der Waals surface area contributed by atoms with Crippen LogP contribution in [0, 0.1) is 16.7 Å². The average Bonchev–Trinajstić information content (AvgIpc) is 2.17. The van der Waals surface area contributed by atoms with Gasteiger partial charge in [-0.3, -0.25) is 0 Å². The van der Waals surface area contributed by atoms with E-state index < -0.39 is 5.79 Å². The van der Waals surface area contributed by atoms with Crippen molar-refractivity contribution in [3.8, 4) is 0 Å². The number of ether oxygens (including phenoxy) is 2. The summed E-state index contributed by atoms with van der Waals surface area (Å²) in [7, 11) is 0. The zero-order valence-electron chi connectivity index (χ0n) is 12.5. The summed E-state index contributed by atoms with van der Waals surface area (Å²) in [5.74, 6) is -0.209. The predicted molar refractivity (Wildman–Crippen MR) is 71.2 cm³/mol. The Morgan fingerprint density at radius 3 is 2.11 bits per heavy atom. The molecule has 2 unspecified atom stereocenters. The molecular formula is C15H28O3. The van der Waals surface area contributed by atoms with Crippen LogP contribution in [0.2, 0.25) is 0 Å². The Hall–Kier alpha value is -0.120. The lowest BCUT2D eigenvalue weighted by Crippen LogP contribution is -2.56. The van der Waals surface area contributed by atoms with Crippen LogP contribution >= 0.6 is 0 Å². The van der Waals surface area contributed by atoms with E-state index in [0.29, 0.717) is 6.61 Å². The molecule has 0 amide bonds. The van der Waals surface area contributed by atoms with Gasteiger partial charge in [0.1, 0.15) is 0 Å². The summed E-state index contributed by atoms with van der Waals surface area (Å²) in [6.07, 6.45) is 2.95. The maximum absolute atomic E-state index is 9.46. The molecule has 1 aliphatic heterocycles. The first-order chi connectivity index (χ1) is 8.17. The van der Waals surface area contributed by atoms with Gasteiger partial charge in [-0.25, -0.2) is 0 Å². The molecule has 0 bridgehead atoms. The van der Waals surface area contributed by atoms with E-state index in [2.05, 4.69) is 34.6 Å². The number of rotatable bonds is 1. The summed E-state index contributed by atoms with van der Waals surface area (Å²) >= 11 is 0. The summed E-state index contributed by atoms with van der Waals surface area (Å²) in [4.78, 5) is 0.